The second-order valence-electron chi connectivity index (χ2n) is 7.05. The van der Waals surface area contributed by atoms with Gasteiger partial charge in [-0.15, -0.1) is 0 Å². The van der Waals surface area contributed by atoms with Crippen molar-refractivity contribution in [3.63, 3.8) is 0 Å². The first-order chi connectivity index (χ1) is 12.6. The van der Waals surface area contributed by atoms with Crippen LogP contribution < -0.4 is 0 Å². The van der Waals surface area contributed by atoms with Crippen LogP contribution in [0, 0.1) is 13.8 Å². The molecule has 134 valence electrons. The van der Waals surface area contributed by atoms with Gasteiger partial charge in [0.2, 0.25) is 0 Å². The van der Waals surface area contributed by atoms with E-state index in [0.717, 1.165) is 22.5 Å². The molecule has 0 unspecified atom stereocenters. The summed E-state index contributed by atoms with van der Waals surface area (Å²) in [6, 6.07) is 15.3. The monoisotopic (exact) mass is 352 g/mol. The smallest absolute Gasteiger partial charge is 0.0540 e. The van der Waals surface area contributed by atoms with Crippen LogP contribution in [0.5, 0.6) is 0 Å². The van der Waals surface area contributed by atoms with Crippen LogP contribution in [0.4, 0.5) is 0 Å². The van der Waals surface area contributed by atoms with E-state index in [0.29, 0.717) is 0 Å². The van der Waals surface area contributed by atoms with Crippen molar-refractivity contribution < 1.29 is 0 Å². The van der Waals surface area contributed by atoms with Crippen LogP contribution in [0.15, 0.2) is 61.8 Å². The van der Waals surface area contributed by atoms with Crippen molar-refractivity contribution in [3.05, 3.63) is 89.9 Å². The van der Waals surface area contributed by atoms with Crippen molar-refractivity contribution in [1.29, 1.82) is 0 Å². The van der Waals surface area contributed by atoms with Crippen molar-refractivity contribution in [2.24, 2.45) is 0 Å². The van der Waals surface area contributed by atoms with E-state index in [1.54, 1.807) is 0 Å². The lowest BCUT2D eigenvalue weighted by Crippen LogP contribution is -2.01. The van der Waals surface area contributed by atoms with Gasteiger partial charge in [0.15, 0.2) is 0 Å². The maximum atomic E-state index is 4.48. The quantitative estimate of drug-likeness (QED) is 0.339. The van der Waals surface area contributed by atoms with Crippen LogP contribution in [0.3, 0.4) is 0 Å². The molecule has 1 aliphatic heterocycles. The van der Waals surface area contributed by atoms with Crippen LogP contribution in [0.2, 0.25) is 0 Å². The lowest BCUT2D eigenvalue weighted by molar-refractivity contribution is 1.04. The van der Waals surface area contributed by atoms with Gasteiger partial charge in [-0.2, -0.15) is 0 Å². The van der Waals surface area contributed by atoms with Gasteiger partial charge in [-0.05, 0) is 72.0 Å². The van der Waals surface area contributed by atoms with E-state index in [-0.39, 0.29) is 7.43 Å². The number of hydrogen-bond acceptors (Lipinski definition) is 0. The molecule has 3 heterocycles. The summed E-state index contributed by atoms with van der Waals surface area (Å²) >= 11 is 0. The maximum Gasteiger partial charge on any atom is 0.0540 e. The van der Waals surface area contributed by atoms with E-state index in [1.807, 2.05) is 6.08 Å². The number of benzene rings is 2. The molecule has 2 aromatic heterocycles. The molecule has 0 radical (unpaired) electrons. The number of para-hydroxylation sites is 1. The fourth-order valence-corrected chi connectivity index (χ4v) is 4.20. The number of aromatic amines is 1. The summed E-state index contributed by atoms with van der Waals surface area (Å²) in [4.78, 5) is 3.40. The molecule has 0 amide bonds. The molecule has 0 saturated heterocycles. The SMILES string of the molecule is C.C=Cc1c(C)cc2n1-c1ccccc1-c1cc3[nH]cc(C)c3cc1C2=C. The lowest BCUT2D eigenvalue weighted by atomic mass is 9.92. The Hall–Kier alpha value is -3.26. The standard InChI is InChI=1S/C24H20N2.CH4/c1-5-22-14(2)10-24-16(4)19-11-18-15(3)13-25-21(18)12-20(19)17-8-6-7-9-23(17)26(22)24;/h5-13,25H,1,4H2,2-3H3;1H4. The molecular formula is C25H24N2. The lowest BCUT2D eigenvalue weighted by Gasteiger charge is -2.13. The van der Waals surface area contributed by atoms with Gasteiger partial charge >= 0.3 is 0 Å². The first kappa shape index (κ1) is 17.2. The highest BCUT2D eigenvalue weighted by molar-refractivity contribution is 6.00. The first-order valence-corrected chi connectivity index (χ1v) is 8.86. The third kappa shape index (κ3) is 2.20. The Labute approximate surface area is 160 Å². The van der Waals surface area contributed by atoms with Gasteiger partial charge in [-0.1, -0.05) is 38.8 Å². The molecule has 27 heavy (non-hydrogen) atoms. The third-order valence-corrected chi connectivity index (χ3v) is 5.53. The molecule has 0 bridgehead atoms. The van der Waals surface area contributed by atoms with Gasteiger partial charge < -0.3 is 9.55 Å². The number of nitrogens with zero attached hydrogens (tertiary/aromatic N) is 1. The van der Waals surface area contributed by atoms with Crippen LogP contribution in [-0.4, -0.2) is 9.55 Å². The number of nitrogens with one attached hydrogen (secondary N) is 1. The molecule has 1 aliphatic rings. The molecule has 0 saturated carbocycles. The van der Waals surface area contributed by atoms with Crippen LogP contribution in [0.25, 0.3) is 39.4 Å². The zero-order chi connectivity index (χ0) is 18.0. The number of hydrogen-bond donors (Lipinski definition) is 1. The fourth-order valence-electron chi connectivity index (χ4n) is 4.20. The molecular weight excluding hydrogens is 328 g/mol. The van der Waals surface area contributed by atoms with Crippen LogP contribution in [0.1, 0.15) is 35.5 Å². The number of aromatic nitrogens is 2. The highest BCUT2D eigenvalue weighted by Crippen LogP contribution is 2.43. The Balaban J connectivity index is 0.00000180. The molecule has 5 rings (SSSR count). The normalized spacial score (nSPS) is 12.0. The Morgan fingerprint density at radius 1 is 0.963 bits per heavy atom. The summed E-state index contributed by atoms with van der Waals surface area (Å²) in [5.41, 5.74) is 11.8. The third-order valence-electron chi connectivity index (χ3n) is 5.53. The molecule has 0 spiro atoms. The highest BCUT2D eigenvalue weighted by Gasteiger charge is 2.25. The first-order valence-electron chi connectivity index (χ1n) is 8.86. The molecule has 2 aromatic carbocycles. The fraction of sp³-hybridized carbons (Fsp3) is 0.120. The van der Waals surface area contributed by atoms with Gasteiger partial charge in [-0.3, -0.25) is 0 Å². The van der Waals surface area contributed by atoms with E-state index in [9.17, 15) is 0 Å². The summed E-state index contributed by atoms with van der Waals surface area (Å²) < 4.78 is 2.29. The maximum absolute atomic E-state index is 4.48. The van der Waals surface area contributed by atoms with Gasteiger partial charge in [0.25, 0.3) is 0 Å². The van der Waals surface area contributed by atoms with Crippen molar-refractivity contribution in [3.8, 4) is 16.8 Å². The Kier molecular flexibility index (Phi) is 3.74. The summed E-state index contributed by atoms with van der Waals surface area (Å²) in [7, 11) is 0. The van der Waals surface area contributed by atoms with E-state index in [2.05, 4.69) is 85.2 Å². The molecule has 1 N–H and O–H groups in total. The zero-order valence-corrected chi connectivity index (χ0v) is 15.1. The minimum Gasteiger partial charge on any atom is -0.361 e. The van der Waals surface area contributed by atoms with Gasteiger partial charge in [0.05, 0.1) is 11.4 Å². The van der Waals surface area contributed by atoms with Crippen molar-refractivity contribution in [1.82, 2.24) is 9.55 Å². The molecule has 2 nitrogen and oxygen atoms in total. The zero-order valence-electron chi connectivity index (χ0n) is 15.1. The largest absolute Gasteiger partial charge is 0.361 e. The minimum absolute atomic E-state index is 0. The number of fused-ring (bicyclic) bond motifs is 6. The number of H-pyrrole nitrogens is 1. The molecule has 0 fully saturated rings. The topological polar surface area (TPSA) is 20.7 Å². The van der Waals surface area contributed by atoms with Crippen molar-refractivity contribution >= 4 is 22.6 Å². The molecule has 0 aliphatic carbocycles. The van der Waals surface area contributed by atoms with Gasteiger partial charge in [0.1, 0.15) is 0 Å². The van der Waals surface area contributed by atoms with E-state index >= 15 is 0 Å². The second kappa shape index (κ2) is 5.88. The van der Waals surface area contributed by atoms with E-state index in [4.69, 9.17) is 0 Å². The Morgan fingerprint density at radius 2 is 1.74 bits per heavy atom. The predicted octanol–water partition coefficient (Wildman–Crippen LogP) is 6.90. The van der Waals surface area contributed by atoms with Crippen molar-refractivity contribution in [2.45, 2.75) is 21.3 Å². The average molecular weight is 352 g/mol. The van der Waals surface area contributed by atoms with Crippen LogP contribution >= 0.6 is 0 Å². The Bertz CT molecular complexity index is 1230. The molecule has 4 aromatic rings. The van der Waals surface area contributed by atoms with Gasteiger partial charge in [-0.25, -0.2) is 0 Å². The number of rotatable bonds is 1. The minimum atomic E-state index is 0. The Morgan fingerprint density at radius 3 is 2.52 bits per heavy atom. The molecule has 0 atom stereocenters. The summed E-state index contributed by atoms with van der Waals surface area (Å²) in [5.74, 6) is 0. The highest BCUT2D eigenvalue weighted by atomic mass is 15.0. The van der Waals surface area contributed by atoms with E-state index < -0.39 is 0 Å². The van der Waals surface area contributed by atoms with Gasteiger partial charge in [0, 0.05) is 28.4 Å². The summed E-state index contributed by atoms with van der Waals surface area (Å²) in [6.07, 6.45) is 4.01. The average Bonchev–Trinajstić information content (AvgIpc) is 3.16. The summed E-state index contributed by atoms with van der Waals surface area (Å²) in [6.45, 7) is 12.8. The van der Waals surface area contributed by atoms with E-state index in [1.165, 1.54) is 38.9 Å². The second-order valence-corrected chi connectivity index (χ2v) is 7.05. The van der Waals surface area contributed by atoms with Crippen LogP contribution in [-0.2, 0) is 0 Å². The predicted molar refractivity (Wildman–Crippen MR) is 117 cm³/mol. The number of aryl methyl sites for hydroxylation is 2. The summed E-state index contributed by atoms with van der Waals surface area (Å²) in [5, 5.41) is 1.25. The molecule has 2 heteroatoms. The van der Waals surface area contributed by atoms with Crippen molar-refractivity contribution in [2.75, 3.05) is 0 Å².